The summed E-state index contributed by atoms with van der Waals surface area (Å²) in [6.45, 7) is 2.97. The van der Waals surface area contributed by atoms with E-state index in [1.807, 2.05) is 6.07 Å². The van der Waals surface area contributed by atoms with E-state index >= 15 is 0 Å². The zero-order valence-electron chi connectivity index (χ0n) is 14.7. The van der Waals surface area contributed by atoms with Crippen LogP contribution in [-0.2, 0) is 32.3 Å². The highest BCUT2D eigenvalue weighted by molar-refractivity contribution is 6.75. The maximum atomic E-state index is 11.9. The summed E-state index contributed by atoms with van der Waals surface area (Å²) in [7, 11) is 1.55. The van der Waals surface area contributed by atoms with Gasteiger partial charge in [0.1, 0.15) is 0 Å². The van der Waals surface area contributed by atoms with Crippen molar-refractivity contribution in [2.24, 2.45) is 0 Å². The number of carbonyl (C=O) groups excluding carboxylic acids is 2. The van der Waals surface area contributed by atoms with Crippen LogP contribution in [0.25, 0.3) is 0 Å². The van der Waals surface area contributed by atoms with Gasteiger partial charge in [-0.2, -0.15) is 0 Å². The first kappa shape index (κ1) is 19.1. The van der Waals surface area contributed by atoms with E-state index in [-0.39, 0.29) is 5.57 Å². The number of rotatable bonds is 6. The van der Waals surface area contributed by atoms with Crippen molar-refractivity contribution in [3.8, 4) is 0 Å². The number of nitrogens with one attached hydrogen (secondary N) is 1. The molecule has 0 aromatic heterocycles. The topological polar surface area (TPSA) is 92.3 Å². The van der Waals surface area contributed by atoms with E-state index in [1.165, 1.54) is 41.4 Å². The molecular formula is C16H21NO7Si. The first-order valence-corrected chi connectivity index (χ1v) is 9.19. The minimum Gasteiger partial charge on any atom is -0.419 e. The van der Waals surface area contributed by atoms with Crippen molar-refractivity contribution in [3.63, 3.8) is 0 Å². The summed E-state index contributed by atoms with van der Waals surface area (Å²) >= 11 is 0. The van der Waals surface area contributed by atoms with Crippen LogP contribution in [0.2, 0.25) is 0 Å². The third-order valence-electron chi connectivity index (χ3n) is 3.52. The molecule has 0 bridgehead atoms. The lowest BCUT2D eigenvalue weighted by atomic mass is 10.2. The number of hydrogen-bond acceptors (Lipinski definition) is 8. The molecule has 8 nitrogen and oxygen atoms in total. The normalized spacial score (nSPS) is 16.9. The van der Waals surface area contributed by atoms with Crippen LogP contribution in [0, 0.1) is 0 Å². The van der Waals surface area contributed by atoms with Gasteiger partial charge in [-0.15, -0.1) is 0 Å². The fourth-order valence-electron chi connectivity index (χ4n) is 2.34. The van der Waals surface area contributed by atoms with Crippen LogP contribution in [0.15, 0.2) is 36.0 Å². The molecular weight excluding hydrogens is 346 g/mol. The molecule has 0 saturated carbocycles. The molecule has 0 atom stereocenters. The molecule has 1 N–H and O–H groups in total. The van der Waals surface area contributed by atoms with Gasteiger partial charge in [-0.05, 0) is 12.1 Å². The minimum absolute atomic E-state index is 0.224. The smallest absolute Gasteiger partial charge is 0.419 e. The monoisotopic (exact) mass is 367 g/mol. The average molecular weight is 367 g/mol. The summed E-state index contributed by atoms with van der Waals surface area (Å²) in [5, 5.41) is 3.60. The van der Waals surface area contributed by atoms with E-state index in [4.69, 9.17) is 22.8 Å². The highest BCUT2D eigenvalue weighted by Crippen LogP contribution is 2.22. The summed E-state index contributed by atoms with van der Waals surface area (Å²) in [5.41, 5.74) is 0.386. The zero-order valence-corrected chi connectivity index (χ0v) is 15.7. The van der Waals surface area contributed by atoms with Gasteiger partial charge in [0.2, 0.25) is 0 Å². The number of esters is 2. The molecule has 9 heteroatoms. The van der Waals surface area contributed by atoms with Gasteiger partial charge in [-0.25, -0.2) is 9.59 Å². The lowest BCUT2D eigenvalue weighted by Crippen LogP contribution is -2.54. The summed E-state index contributed by atoms with van der Waals surface area (Å²) < 4.78 is 26.4. The summed E-state index contributed by atoms with van der Waals surface area (Å²) in [6, 6.07) is 7.09. The predicted molar refractivity (Wildman–Crippen MR) is 90.8 cm³/mol. The Labute approximate surface area is 147 Å². The molecule has 0 unspecified atom stereocenters. The van der Waals surface area contributed by atoms with Crippen molar-refractivity contribution >= 4 is 31.6 Å². The van der Waals surface area contributed by atoms with Gasteiger partial charge < -0.3 is 28.1 Å². The molecule has 136 valence electrons. The second kappa shape index (κ2) is 7.36. The summed E-state index contributed by atoms with van der Waals surface area (Å²) in [5.74, 6) is -2.77. The largest absolute Gasteiger partial charge is 0.536 e. The standard InChI is InChI=1S/C16H21NO7Si/c1-16(2)23-14(18)13(15(19)24-16)10-17-11-7-6-8-12(9-11)25(20-3,21-4)22-5/h6-10,17H,1-5H3. The predicted octanol–water partition coefficient (Wildman–Crippen LogP) is 0.904. The van der Waals surface area contributed by atoms with E-state index < -0.39 is 26.5 Å². The molecule has 25 heavy (non-hydrogen) atoms. The highest BCUT2D eigenvalue weighted by atomic mass is 28.4. The fourth-order valence-corrected chi connectivity index (χ4v) is 4.18. The van der Waals surface area contributed by atoms with E-state index in [0.717, 1.165) is 5.19 Å². The van der Waals surface area contributed by atoms with Crippen molar-refractivity contribution in [1.29, 1.82) is 0 Å². The fraction of sp³-hybridized carbons (Fsp3) is 0.375. The minimum atomic E-state index is -2.98. The van der Waals surface area contributed by atoms with E-state index in [9.17, 15) is 9.59 Å². The van der Waals surface area contributed by atoms with Gasteiger partial charge in [-0.3, -0.25) is 0 Å². The van der Waals surface area contributed by atoms with E-state index in [2.05, 4.69) is 5.32 Å². The molecule has 1 aliphatic heterocycles. The Morgan fingerprint density at radius 3 is 2.12 bits per heavy atom. The van der Waals surface area contributed by atoms with Crippen LogP contribution in [0.3, 0.4) is 0 Å². The molecule has 0 radical (unpaired) electrons. The number of cyclic esters (lactones) is 2. The third-order valence-corrected chi connectivity index (χ3v) is 6.15. The van der Waals surface area contributed by atoms with Crippen LogP contribution in [0.4, 0.5) is 5.69 Å². The Balaban J connectivity index is 2.23. The average Bonchev–Trinajstić information content (AvgIpc) is 2.55. The van der Waals surface area contributed by atoms with Gasteiger partial charge >= 0.3 is 20.7 Å². The van der Waals surface area contributed by atoms with Gasteiger partial charge in [-0.1, -0.05) is 12.1 Å². The number of benzene rings is 1. The molecule has 0 aliphatic carbocycles. The molecule has 1 aromatic carbocycles. The second-order valence-electron chi connectivity index (χ2n) is 5.63. The van der Waals surface area contributed by atoms with Gasteiger partial charge in [0.05, 0.1) is 0 Å². The van der Waals surface area contributed by atoms with Crippen molar-refractivity contribution < 1.29 is 32.3 Å². The van der Waals surface area contributed by atoms with Crippen LogP contribution >= 0.6 is 0 Å². The Bertz CT molecular complexity index is 667. The Morgan fingerprint density at radius 2 is 1.60 bits per heavy atom. The van der Waals surface area contributed by atoms with Gasteiger partial charge in [0.25, 0.3) is 5.79 Å². The van der Waals surface area contributed by atoms with Crippen LogP contribution < -0.4 is 10.5 Å². The van der Waals surface area contributed by atoms with Crippen molar-refractivity contribution in [3.05, 3.63) is 36.0 Å². The summed E-state index contributed by atoms with van der Waals surface area (Å²) in [6.07, 6.45) is 1.24. The van der Waals surface area contributed by atoms with Crippen LogP contribution in [0.1, 0.15) is 13.8 Å². The first-order chi connectivity index (χ1) is 11.8. The number of anilines is 1. The lowest BCUT2D eigenvalue weighted by Gasteiger charge is -2.29. The zero-order chi connectivity index (χ0) is 18.7. The van der Waals surface area contributed by atoms with E-state index in [1.54, 1.807) is 18.2 Å². The quantitative estimate of drug-likeness (QED) is 0.343. The van der Waals surface area contributed by atoms with Gasteiger partial charge in [0.15, 0.2) is 5.57 Å². The van der Waals surface area contributed by atoms with Gasteiger partial charge in [0, 0.05) is 52.3 Å². The third kappa shape index (κ3) is 4.07. The SMILES string of the molecule is CO[Si](OC)(OC)c1cccc(NC=C2C(=O)OC(C)(C)OC2=O)c1. The van der Waals surface area contributed by atoms with Crippen molar-refractivity contribution in [1.82, 2.24) is 0 Å². The molecule has 1 aromatic rings. The number of ether oxygens (including phenoxy) is 2. The highest BCUT2D eigenvalue weighted by Gasteiger charge is 2.41. The molecule has 0 amide bonds. The Morgan fingerprint density at radius 1 is 1.04 bits per heavy atom. The van der Waals surface area contributed by atoms with Crippen molar-refractivity contribution in [2.45, 2.75) is 19.6 Å². The maximum Gasteiger partial charge on any atom is 0.536 e. The second-order valence-corrected chi connectivity index (χ2v) is 8.55. The molecule has 1 fully saturated rings. The molecule has 2 rings (SSSR count). The van der Waals surface area contributed by atoms with Crippen LogP contribution in [0.5, 0.6) is 0 Å². The molecule has 1 aliphatic rings. The molecule has 1 saturated heterocycles. The lowest BCUT2D eigenvalue weighted by molar-refractivity contribution is -0.222. The van der Waals surface area contributed by atoms with Crippen molar-refractivity contribution in [2.75, 3.05) is 26.6 Å². The number of hydrogen-bond donors (Lipinski definition) is 1. The van der Waals surface area contributed by atoms with E-state index in [0.29, 0.717) is 5.69 Å². The Hall–Kier alpha value is -2.20. The molecule has 0 spiro atoms. The molecule has 1 heterocycles. The van der Waals surface area contributed by atoms with Crippen LogP contribution in [-0.4, -0.2) is 47.9 Å². The maximum absolute atomic E-state index is 11.9. The number of carbonyl (C=O) groups is 2. The summed E-state index contributed by atoms with van der Waals surface area (Å²) in [4.78, 5) is 23.8. The first-order valence-electron chi connectivity index (χ1n) is 7.46. The Kier molecular flexibility index (Phi) is 5.63.